The first kappa shape index (κ1) is 33.5. The summed E-state index contributed by atoms with van der Waals surface area (Å²) in [4.78, 5) is 22.2. The maximum atomic E-state index is 13.8. The second-order valence-corrected chi connectivity index (χ2v) is 9.57. The average Bonchev–Trinajstić information content (AvgIpc) is 2.98. The maximum Gasteiger partial charge on any atom is 0.337 e. The zero-order valence-corrected chi connectivity index (χ0v) is 25.2. The van der Waals surface area contributed by atoms with Crippen LogP contribution in [0.25, 0.3) is 0 Å². The number of carbonyl (C=O) groups is 2. The molecular formula is C30H27BrCl2F2N2O4. The smallest absolute Gasteiger partial charge is 0.337 e. The second kappa shape index (κ2) is 17.2. The molecule has 4 rings (SSSR count). The normalized spacial score (nSPS) is 9.83. The number of hydrogen-bond donors (Lipinski definition) is 2. The van der Waals surface area contributed by atoms with Gasteiger partial charge in [-0.1, -0.05) is 51.3 Å². The molecule has 0 radical (unpaired) electrons. The van der Waals surface area contributed by atoms with Gasteiger partial charge in [-0.15, -0.1) is 0 Å². The molecule has 0 bridgehead atoms. The summed E-state index contributed by atoms with van der Waals surface area (Å²) in [7, 11) is 2.52. The monoisotopic (exact) mass is 666 g/mol. The van der Waals surface area contributed by atoms with Crippen LogP contribution in [-0.2, 0) is 21.3 Å². The van der Waals surface area contributed by atoms with Gasteiger partial charge in [0.05, 0.1) is 25.3 Å². The van der Waals surface area contributed by atoms with Crippen LogP contribution in [0, 0.1) is 11.6 Å². The molecule has 216 valence electrons. The fourth-order valence-electron chi connectivity index (χ4n) is 3.06. The van der Waals surface area contributed by atoms with Crippen LogP contribution < -0.4 is 11.1 Å². The van der Waals surface area contributed by atoms with Crippen molar-refractivity contribution in [3.05, 3.63) is 129 Å². The highest BCUT2D eigenvalue weighted by atomic mass is 79.9. The van der Waals surface area contributed by atoms with Gasteiger partial charge in [0.15, 0.2) is 0 Å². The van der Waals surface area contributed by atoms with Crippen molar-refractivity contribution in [2.75, 3.05) is 25.3 Å². The van der Waals surface area contributed by atoms with E-state index in [1.807, 2.05) is 12.1 Å². The summed E-state index contributed by atoms with van der Waals surface area (Å²) in [6.07, 6.45) is 0. The van der Waals surface area contributed by atoms with E-state index in [4.69, 9.17) is 28.9 Å². The molecule has 0 aliphatic carbocycles. The Bertz CT molecular complexity index is 1420. The third kappa shape index (κ3) is 11.4. The topological polar surface area (TPSA) is 90.6 Å². The van der Waals surface area contributed by atoms with Gasteiger partial charge in [0.25, 0.3) is 0 Å². The molecule has 0 aliphatic rings. The van der Waals surface area contributed by atoms with Gasteiger partial charge in [-0.3, -0.25) is 0 Å². The van der Waals surface area contributed by atoms with Crippen molar-refractivity contribution in [3.8, 4) is 0 Å². The van der Waals surface area contributed by atoms with E-state index < -0.39 is 23.6 Å². The number of methoxy groups -OCH3 is 2. The quantitative estimate of drug-likeness (QED) is 0.122. The molecule has 4 aromatic rings. The summed E-state index contributed by atoms with van der Waals surface area (Å²) >= 11 is 14.5. The molecule has 0 saturated carbocycles. The zero-order chi connectivity index (χ0) is 30.4. The molecule has 0 fully saturated rings. The lowest BCUT2D eigenvalue weighted by Crippen LogP contribution is -2.05. The minimum absolute atomic E-state index is 0.195. The van der Waals surface area contributed by atoms with Crippen LogP contribution in [0.3, 0.4) is 0 Å². The molecule has 0 aromatic heterocycles. The molecule has 11 heteroatoms. The first-order chi connectivity index (χ1) is 19.6. The van der Waals surface area contributed by atoms with Crippen molar-refractivity contribution in [3.63, 3.8) is 0 Å². The number of hydrogen-bond acceptors (Lipinski definition) is 6. The average molecular weight is 668 g/mol. The molecule has 41 heavy (non-hydrogen) atoms. The third-order valence-electron chi connectivity index (χ3n) is 5.29. The standard InChI is InChI=1S/C15H13ClFNO2.C9H8BrFO2.C6H6ClN/c1-20-15(19)10-2-3-11(14(17)8-10)9-18-13-6-4-12(16)5-7-13;1-13-9(12)6-2-3-7(5-10)8(11)4-6;7-5-1-3-6(8)4-2-5/h2-8,18H,9H2,1H3;2-4H,5H2,1H3;1-4H,8H2. The van der Waals surface area contributed by atoms with Crippen molar-refractivity contribution < 1.29 is 27.8 Å². The number of nitrogens with one attached hydrogen (secondary N) is 1. The Balaban J connectivity index is 0.000000239. The molecule has 0 aliphatic heterocycles. The second-order valence-electron chi connectivity index (χ2n) is 8.14. The van der Waals surface area contributed by atoms with Crippen molar-refractivity contribution in [1.29, 1.82) is 0 Å². The summed E-state index contributed by atoms with van der Waals surface area (Å²) in [5.41, 5.74) is 8.36. The highest BCUT2D eigenvalue weighted by molar-refractivity contribution is 9.08. The third-order valence-corrected chi connectivity index (χ3v) is 6.40. The van der Waals surface area contributed by atoms with E-state index >= 15 is 0 Å². The van der Waals surface area contributed by atoms with Crippen LogP contribution in [0.5, 0.6) is 0 Å². The fourth-order valence-corrected chi connectivity index (χ4v) is 3.77. The molecular weight excluding hydrogens is 641 g/mol. The van der Waals surface area contributed by atoms with Crippen LogP contribution in [0.2, 0.25) is 10.0 Å². The first-order valence-corrected chi connectivity index (χ1v) is 13.8. The molecule has 0 amide bonds. The van der Waals surface area contributed by atoms with Gasteiger partial charge in [0.1, 0.15) is 11.6 Å². The van der Waals surface area contributed by atoms with Crippen LogP contribution in [-0.4, -0.2) is 26.2 Å². The van der Waals surface area contributed by atoms with Gasteiger partial charge in [0.2, 0.25) is 0 Å². The van der Waals surface area contributed by atoms with Gasteiger partial charge >= 0.3 is 11.9 Å². The summed E-state index contributed by atoms with van der Waals surface area (Å²) in [5, 5.41) is 4.87. The lowest BCUT2D eigenvalue weighted by atomic mass is 10.1. The highest BCUT2D eigenvalue weighted by Gasteiger charge is 2.10. The van der Waals surface area contributed by atoms with Gasteiger partial charge in [-0.25, -0.2) is 18.4 Å². The molecule has 0 unspecified atom stereocenters. The van der Waals surface area contributed by atoms with Crippen molar-refractivity contribution in [1.82, 2.24) is 0 Å². The van der Waals surface area contributed by atoms with Gasteiger partial charge in [-0.05, 0) is 78.4 Å². The minimum atomic E-state index is -0.555. The number of benzene rings is 4. The van der Waals surface area contributed by atoms with E-state index in [1.165, 1.54) is 38.5 Å². The zero-order valence-electron chi connectivity index (χ0n) is 22.1. The molecule has 4 aromatic carbocycles. The fraction of sp³-hybridized carbons (Fsp3) is 0.133. The molecule has 0 spiro atoms. The van der Waals surface area contributed by atoms with E-state index in [0.29, 0.717) is 28.0 Å². The van der Waals surface area contributed by atoms with E-state index in [0.717, 1.165) is 16.4 Å². The number of carbonyl (C=O) groups excluding carboxylic acids is 2. The van der Waals surface area contributed by atoms with Crippen LogP contribution >= 0.6 is 39.1 Å². The van der Waals surface area contributed by atoms with Crippen LogP contribution in [0.1, 0.15) is 31.8 Å². The van der Waals surface area contributed by atoms with E-state index in [2.05, 4.69) is 30.7 Å². The lowest BCUT2D eigenvalue weighted by molar-refractivity contribution is 0.0591. The Morgan fingerprint density at radius 1 is 0.756 bits per heavy atom. The Labute approximate surface area is 255 Å². The van der Waals surface area contributed by atoms with Crippen molar-refractivity contribution >= 4 is 62.4 Å². The number of alkyl halides is 1. The summed E-state index contributed by atoms with van der Waals surface area (Å²) in [6.45, 7) is 0.314. The minimum Gasteiger partial charge on any atom is -0.465 e. The molecule has 3 N–H and O–H groups in total. The Hall–Kier alpha value is -3.66. The van der Waals surface area contributed by atoms with Gasteiger partial charge in [-0.2, -0.15) is 0 Å². The number of esters is 2. The number of ether oxygens (including phenoxy) is 2. The first-order valence-electron chi connectivity index (χ1n) is 11.9. The summed E-state index contributed by atoms with van der Waals surface area (Å²) < 4.78 is 35.9. The number of nitrogens with two attached hydrogens (primary N) is 1. The van der Waals surface area contributed by atoms with E-state index in [-0.39, 0.29) is 11.1 Å². The molecule has 0 heterocycles. The molecule has 6 nitrogen and oxygen atoms in total. The van der Waals surface area contributed by atoms with E-state index in [9.17, 15) is 18.4 Å². The van der Waals surface area contributed by atoms with Crippen LogP contribution in [0.15, 0.2) is 84.9 Å². The predicted octanol–water partition coefficient (Wildman–Crippen LogP) is 8.31. The van der Waals surface area contributed by atoms with Gasteiger partial charge < -0.3 is 20.5 Å². The Kier molecular flexibility index (Phi) is 14.1. The molecule has 0 atom stereocenters. The number of anilines is 2. The van der Waals surface area contributed by atoms with Gasteiger partial charge in [0, 0.05) is 38.9 Å². The highest BCUT2D eigenvalue weighted by Crippen LogP contribution is 2.17. The number of halogens is 5. The maximum absolute atomic E-state index is 13.8. The Morgan fingerprint density at radius 2 is 1.20 bits per heavy atom. The SMILES string of the molecule is COC(=O)c1ccc(CBr)c(F)c1.COC(=O)c1ccc(CNc2ccc(Cl)cc2)c(F)c1.Nc1ccc(Cl)cc1. The Morgan fingerprint density at radius 3 is 1.59 bits per heavy atom. The van der Waals surface area contributed by atoms with E-state index in [1.54, 1.807) is 48.5 Å². The largest absolute Gasteiger partial charge is 0.465 e. The van der Waals surface area contributed by atoms with Crippen molar-refractivity contribution in [2.45, 2.75) is 11.9 Å². The van der Waals surface area contributed by atoms with Crippen molar-refractivity contribution in [2.24, 2.45) is 0 Å². The number of rotatable bonds is 6. The molecule has 0 saturated heterocycles. The summed E-state index contributed by atoms with van der Waals surface area (Å²) in [5.74, 6) is -1.93. The van der Waals surface area contributed by atoms with Crippen LogP contribution in [0.4, 0.5) is 20.2 Å². The summed E-state index contributed by atoms with van der Waals surface area (Å²) in [6, 6.07) is 22.7. The predicted molar refractivity (Wildman–Crippen MR) is 163 cm³/mol. The number of nitrogen functional groups attached to an aromatic ring is 1. The lowest BCUT2D eigenvalue weighted by Gasteiger charge is -2.08.